The standard InChI is InChI=1S/C10H15F6NO2/c1-3-8(4-2,5-18)17-7(19)6(9(11,12)13)10(14,15)16/h6,18H,3-5H2,1-2H3,(H,17,19). The van der Waals surface area contributed by atoms with Crippen LogP contribution in [0.3, 0.4) is 0 Å². The van der Waals surface area contributed by atoms with E-state index >= 15 is 0 Å². The predicted octanol–water partition coefficient (Wildman–Crippen LogP) is 2.39. The highest BCUT2D eigenvalue weighted by Gasteiger charge is 2.61. The molecule has 0 aromatic rings. The molecule has 0 radical (unpaired) electrons. The zero-order chi connectivity index (χ0) is 15.5. The van der Waals surface area contributed by atoms with Gasteiger partial charge in [-0.2, -0.15) is 26.3 Å². The number of nitrogens with one attached hydrogen (secondary N) is 1. The molecule has 0 spiro atoms. The fraction of sp³-hybridized carbons (Fsp3) is 0.900. The molecular formula is C10H15F6NO2. The predicted molar refractivity (Wildman–Crippen MR) is 54.1 cm³/mol. The van der Waals surface area contributed by atoms with Crippen LogP contribution in [0.5, 0.6) is 0 Å². The van der Waals surface area contributed by atoms with Crippen LogP contribution in [0.15, 0.2) is 0 Å². The third-order valence-electron chi connectivity index (χ3n) is 2.96. The van der Waals surface area contributed by atoms with Gasteiger partial charge in [-0.1, -0.05) is 13.8 Å². The Kier molecular flexibility index (Phi) is 5.66. The Balaban J connectivity index is 5.25. The molecule has 0 aromatic heterocycles. The van der Waals surface area contributed by atoms with E-state index in [0.29, 0.717) is 0 Å². The van der Waals surface area contributed by atoms with Gasteiger partial charge >= 0.3 is 12.4 Å². The van der Waals surface area contributed by atoms with Gasteiger partial charge in [0.1, 0.15) is 0 Å². The largest absolute Gasteiger partial charge is 0.409 e. The summed E-state index contributed by atoms with van der Waals surface area (Å²) in [6.45, 7) is 2.14. The van der Waals surface area contributed by atoms with E-state index in [2.05, 4.69) is 0 Å². The lowest BCUT2D eigenvalue weighted by atomic mass is 9.92. The minimum absolute atomic E-state index is 0.00811. The zero-order valence-electron chi connectivity index (χ0n) is 10.3. The Morgan fingerprint density at radius 3 is 1.63 bits per heavy atom. The van der Waals surface area contributed by atoms with Crippen molar-refractivity contribution in [1.29, 1.82) is 0 Å². The van der Waals surface area contributed by atoms with Crippen LogP contribution in [0, 0.1) is 5.92 Å². The maximum atomic E-state index is 12.3. The molecule has 1 amide bonds. The first kappa shape index (κ1) is 18.0. The zero-order valence-corrected chi connectivity index (χ0v) is 10.3. The summed E-state index contributed by atoms with van der Waals surface area (Å²) < 4.78 is 73.9. The molecule has 9 heteroatoms. The van der Waals surface area contributed by atoms with E-state index in [4.69, 9.17) is 5.11 Å². The number of carbonyl (C=O) groups excluding carboxylic acids is 1. The Morgan fingerprint density at radius 2 is 1.42 bits per heavy atom. The van der Waals surface area contributed by atoms with Gasteiger partial charge in [-0.3, -0.25) is 4.79 Å². The van der Waals surface area contributed by atoms with Gasteiger partial charge in [-0.15, -0.1) is 0 Å². The molecule has 19 heavy (non-hydrogen) atoms. The molecule has 0 heterocycles. The highest BCUT2D eigenvalue weighted by atomic mass is 19.4. The van der Waals surface area contributed by atoms with Crippen molar-refractivity contribution in [2.24, 2.45) is 5.92 Å². The second-order valence-electron chi connectivity index (χ2n) is 4.15. The molecule has 0 aromatic carbocycles. The van der Waals surface area contributed by atoms with E-state index in [-0.39, 0.29) is 12.8 Å². The second kappa shape index (κ2) is 5.98. The van der Waals surface area contributed by atoms with Crippen LogP contribution >= 0.6 is 0 Å². The Labute approximate surface area is 106 Å². The third-order valence-corrected chi connectivity index (χ3v) is 2.96. The molecule has 0 unspecified atom stereocenters. The van der Waals surface area contributed by atoms with Crippen molar-refractivity contribution < 1.29 is 36.2 Å². The fourth-order valence-corrected chi connectivity index (χ4v) is 1.51. The van der Waals surface area contributed by atoms with Gasteiger partial charge in [0.15, 0.2) is 0 Å². The van der Waals surface area contributed by atoms with E-state index in [1.165, 1.54) is 13.8 Å². The highest BCUT2D eigenvalue weighted by Crippen LogP contribution is 2.39. The van der Waals surface area contributed by atoms with Gasteiger partial charge in [0, 0.05) is 0 Å². The van der Waals surface area contributed by atoms with E-state index in [1.807, 2.05) is 0 Å². The van der Waals surface area contributed by atoms with Crippen LogP contribution in [0.4, 0.5) is 26.3 Å². The number of hydrogen-bond acceptors (Lipinski definition) is 2. The van der Waals surface area contributed by atoms with Gasteiger partial charge in [0.25, 0.3) is 0 Å². The first-order chi connectivity index (χ1) is 8.43. The molecule has 0 fully saturated rings. The molecule has 114 valence electrons. The Hall–Kier alpha value is -0.990. The second-order valence-corrected chi connectivity index (χ2v) is 4.15. The summed E-state index contributed by atoms with van der Waals surface area (Å²) >= 11 is 0. The molecule has 0 aliphatic heterocycles. The lowest BCUT2D eigenvalue weighted by molar-refractivity contribution is -0.274. The van der Waals surface area contributed by atoms with Crippen molar-refractivity contribution in [2.45, 2.75) is 44.6 Å². The molecule has 0 aliphatic carbocycles. The summed E-state index contributed by atoms with van der Waals surface area (Å²) in [4.78, 5) is 11.3. The van der Waals surface area contributed by atoms with Crippen molar-refractivity contribution >= 4 is 5.91 Å². The van der Waals surface area contributed by atoms with Crippen LogP contribution in [0.2, 0.25) is 0 Å². The lowest BCUT2D eigenvalue weighted by Crippen LogP contribution is -2.57. The average molecular weight is 295 g/mol. The van der Waals surface area contributed by atoms with Crippen LogP contribution in [0.25, 0.3) is 0 Å². The van der Waals surface area contributed by atoms with E-state index in [1.54, 1.807) is 5.32 Å². The molecule has 0 rings (SSSR count). The van der Waals surface area contributed by atoms with E-state index in [9.17, 15) is 31.1 Å². The summed E-state index contributed by atoms with van der Waals surface area (Å²) in [7, 11) is 0. The van der Waals surface area contributed by atoms with E-state index < -0.39 is 36.3 Å². The van der Waals surface area contributed by atoms with Crippen LogP contribution in [-0.2, 0) is 4.79 Å². The van der Waals surface area contributed by atoms with Gasteiger partial charge in [-0.05, 0) is 12.8 Å². The number of rotatable bonds is 5. The summed E-state index contributed by atoms with van der Waals surface area (Å²) in [5.41, 5.74) is -1.48. The summed E-state index contributed by atoms with van der Waals surface area (Å²) in [6.07, 6.45) is -11.4. The smallest absolute Gasteiger partial charge is 0.394 e. The number of amides is 1. The van der Waals surface area contributed by atoms with Crippen molar-refractivity contribution in [1.82, 2.24) is 5.32 Å². The van der Waals surface area contributed by atoms with E-state index in [0.717, 1.165) is 0 Å². The maximum absolute atomic E-state index is 12.3. The quantitative estimate of drug-likeness (QED) is 0.765. The highest BCUT2D eigenvalue weighted by molar-refractivity contribution is 5.81. The fourth-order valence-electron chi connectivity index (χ4n) is 1.51. The summed E-state index contributed by atoms with van der Waals surface area (Å²) in [5.74, 6) is -6.29. The monoisotopic (exact) mass is 295 g/mol. The maximum Gasteiger partial charge on any atom is 0.409 e. The molecule has 0 bridgehead atoms. The van der Waals surface area contributed by atoms with Crippen LogP contribution in [-0.4, -0.2) is 35.5 Å². The molecular weight excluding hydrogens is 280 g/mol. The Morgan fingerprint density at radius 1 is 1.05 bits per heavy atom. The molecule has 0 saturated heterocycles. The van der Waals surface area contributed by atoms with Crippen LogP contribution in [0.1, 0.15) is 26.7 Å². The molecule has 3 nitrogen and oxygen atoms in total. The SMILES string of the molecule is CCC(CC)(CO)NC(=O)C(C(F)(F)F)C(F)(F)F. The number of halogens is 6. The molecule has 0 saturated carbocycles. The first-order valence-electron chi connectivity index (χ1n) is 5.50. The number of hydrogen-bond donors (Lipinski definition) is 2. The minimum atomic E-state index is -5.73. The first-order valence-corrected chi connectivity index (χ1v) is 5.50. The van der Waals surface area contributed by atoms with Gasteiger partial charge in [0.2, 0.25) is 11.8 Å². The number of alkyl halides is 6. The topological polar surface area (TPSA) is 49.3 Å². The summed E-state index contributed by atoms with van der Waals surface area (Å²) in [5, 5.41) is 10.7. The normalized spacial score (nSPS) is 13.8. The Bertz CT molecular complexity index is 286. The van der Waals surface area contributed by atoms with Crippen molar-refractivity contribution in [2.75, 3.05) is 6.61 Å². The summed E-state index contributed by atoms with van der Waals surface area (Å²) in [6, 6.07) is 0. The van der Waals surface area contributed by atoms with Crippen molar-refractivity contribution in [3.63, 3.8) is 0 Å². The van der Waals surface area contributed by atoms with Crippen LogP contribution < -0.4 is 5.32 Å². The van der Waals surface area contributed by atoms with Crippen molar-refractivity contribution in [3.8, 4) is 0 Å². The van der Waals surface area contributed by atoms with Gasteiger partial charge in [-0.25, -0.2) is 0 Å². The number of aliphatic hydroxyl groups is 1. The minimum Gasteiger partial charge on any atom is -0.394 e. The van der Waals surface area contributed by atoms with Gasteiger partial charge in [0.05, 0.1) is 12.1 Å². The number of aliphatic hydroxyl groups excluding tert-OH is 1. The molecule has 2 N–H and O–H groups in total. The van der Waals surface area contributed by atoms with Crippen molar-refractivity contribution in [3.05, 3.63) is 0 Å². The van der Waals surface area contributed by atoms with Gasteiger partial charge < -0.3 is 10.4 Å². The lowest BCUT2D eigenvalue weighted by Gasteiger charge is -2.33. The molecule has 0 aliphatic rings. The molecule has 0 atom stereocenters. The average Bonchev–Trinajstić information content (AvgIpc) is 2.22. The third kappa shape index (κ3) is 4.55. The number of carbonyl (C=O) groups is 1.